The molecule has 11 heteroatoms. The molecule has 7 fully saturated rings. The van der Waals surface area contributed by atoms with E-state index in [2.05, 4.69) is 60.9 Å². The molecule has 8 N–H and O–H groups in total. The van der Waals surface area contributed by atoms with Gasteiger partial charge in [-0.3, -0.25) is 4.98 Å². The van der Waals surface area contributed by atoms with Crippen LogP contribution in [0.4, 0.5) is 0 Å². The van der Waals surface area contributed by atoms with Gasteiger partial charge >= 0.3 is 0 Å². The summed E-state index contributed by atoms with van der Waals surface area (Å²) in [5.74, 6) is 1.76. The summed E-state index contributed by atoms with van der Waals surface area (Å²) in [6.45, 7) is 25.5. The molecule has 328 valence electrons. The normalized spacial score (nSPS) is 22.4. The molecule has 11 nitrogen and oxygen atoms in total. The topological polar surface area (TPSA) is 130 Å². The molecule has 0 amide bonds. The van der Waals surface area contributed by atoms with E-state index in [1.54, 1.807) is 0 Å². The zero-order chi connectivity index (χ0) is 39.8. The number of pyridine rings is 1. The second-order valence-corrected chi connectivity index (χ2v) is 16.3. The van der Waals surface area contributed by atoms with E-state index in [-0.39, 0.29) is 0 Å². The lowest BCUT2D eigenvalue weighted by molar-refractivity contribution is 0.109. The van der Waals surface area contributed by atoms with Gasteiger partial charge in [-0.15, -0.1) is 0 Å². The molecule has 0 spiro atoms. The molecule has 8 heterocycles. The summed E-state index contributed by atoms with van der Waals surface area (Å²) in [4.78, 5) is 6.64. The molecule has 7 aliphatic heterocycles. The van der Waals surface area contributed by atoms with E-state index in [4.69, 9.17) is 9.84 Å². The third-order valence-corrected chi connectivity index (χ3v) is 11.4. The van der Waals surface area contributed by atoms with Crippen molar-refractivity contribution in [2.45, 2.75) is 129 Å². The van der Waals surface area contributed by atoms with Crippen LogP contribution in [0.1, 0.15) is 122 Å². The Hall–Kier alpha value is -1.25. The maximum Gasteiger partial charge on any atom is 0.0591 e. The summed E-state index contributed by atoms with van der Waals surface area (Å²) in [6, 6.07) is 4.94. The van der Waals surface area contributed by atoms with Crippen LogP contribution in [-0.4, -0.2) is 139 Å². The number of rotatable bonds is 6. The van der Waals surface area contributed by atoms with Gasteiger partial charge in [0, 0.05) is 44.7 Å². The number of ether oxygens (including phenoxy) is 1. The minimum absolute atomic E-state index is 0.366. The van der Waals surface area contributed by atoms with Crippen molar-refractivity contribution >= 4 is 0 Å². The first kappa shape index (κ1) is 50.9. The summed E-state index contributed by atoms with van der Waals surface area (Å²) in [5, 5.41) is 31.6. The molecule has 7 aliphatic rings. The van der Waals surface area contributed by atoms with Crippen LogP contribution in [0, 0.1) is 11.8 Å². The van der Waals surface area contributed by atoms with Gasteiger partial charge in [0.25, 0.3) is 0 Å². The zero-order valence-corrected chi connectivity index (χ0v) is 36.5. The third kappa shape index (κ3) is 30.8. The molecule has 0 aliphatic carbocycles. The summed E-state index contributed by atoms with van der Waals surface area (Å²) in [7, 11) is 0. The van der Waals surface area contributed by atoms with Gasteiger partial charge in [-0.2, -0.15) is 0 Å². The highest BCUT2D eigenvalue weighted by molar-refractivity contribution is 5.08. The van der Waals surface area contributed by atoms with Crippen molar-refractivity contribution < 1.29 is 9.84 Å². The maximum absolute atomic E-state index is 8.60. The van der Waals surface area contributed by atoms with E-state index in [0.717, 1.165) is 76.8 Å². The summed E-state index contributed by atoms with van der Waals surface area (Å²) < 4.78 is 5.01. The van der Waals surface area contributed by atoms with Crippen molar-refractivity contribution in [1.29, 1.82) is 0 Å². The molecule has 0 saturated carbocycles. The van der Waals surface area contributed by atoms with E-state index < -0.39 is 0 Å². The van der Waals surface area contributed by atoms with Crippen LogP contribution in [0.15, 0.2) is 24.5 Å². The number of hydrogen-bond acceptors (Lipinski definition) is 11. The Bertz CT molecular complexity index is 845. The molecule has 56 heavy (non-hydrogen) atoms. The zero-order valence-electron chi connectivity index (χ0n) is 36.5. The Morgan fingerprint density at radius 2 is 1.09 bits per heavy atom. The van der Waals surface area contributed by atoms with E-state index in [1.165, 1.54) is 167 Å². The first-order valence-electron chi connectivity index (χ1n) is 23.5. The number of piperidine rings is 4. The molecule has 0 atom stereocenters. The fourth-order valence-corrected chi connectivity index (χ4v) is 7.66. The molecule has 1 aromatic heterocycles. The minimum atomic E-state index is 0.366. The van der Waals surface area contributed by atoms with Crippen molar-refractivity contribution in [1.82, 2.24) is 47.1 Å². The number of aliphatic hydroxyl groups is 1. The lowest BCUT2D eigenvalue weighted by Gasteiger charge is -2.36. The molecule has 0 aromatic carbocycles. The minimum Gasteiger partial charge on any atom is -0.396 e. The molecule has 1 aromatic rings. The Morgan fingerprint density at radius 3 is 1.54 bits per heavy atom. The smallest absolute Gasteiger partial charge is 0.0591 e. The standard InChI is InChI=1S/C10H20N2.C8H12N2.C7H15NO.2C6H13N.C4H9NO.C4H9N/c1-2-8-12(9-3-1)10-4-6-11-7-5-10;1-2-9-7-8-3-5-10-6-4-8;9-6-3-7-1-4-8-5-2-7;1-6-2-4-7-5-3-6;1-2-4-6-7-5-3-1;1-3-6-4-2-5-1;1-2-4-5-3-1/h10-11H,1-9H2;3-6,9H,2,7H2,1H3;7-9H,1-6H2;6-7H,2-5H2,1H3;7H,1-6H2;5H,1-4H2;5H,1-4H2. The van der Waals surface area contributed by atoms with E-state index >= 15 is 0 Å². The number of aliphatic hydroxyl groups excluding tert-OH is 1. The van der Waals surface area contributed by atoms with Crippen LogP contribution in [0.25, 0.3) is 0 Å². The van der Waals surface area contributed by atoms with Crippen molar-refractivity contribution in [2.75, 3.05) is 118 Å². The molecule has 0 bridgehead atoms. The van der Waals surface area contributed by atoms with E-state index in [0.29, 0.717) is 6.61 Å². The summed E-state index contributed by atoms with van der Waals surface area (Å²) >= 11 is 0. The monoisotopic (exact) mass is 790 g/mol. The van der Waals surface area contributed by atoms with Crippen molar-refractivity contribution in [3.63, 3.8) is 0 Å². The van der Waals surface area contributed by atoms with Crippen LogP contribution >= 0.6 is 0 Å². The lowest BCUT2D eigenvalue weighted by Crippen LogP contribution is -2.45. The van der Waals surface area contributed by atoms with Gasteiger partial charge in [0.05, 0.1) is 13.2 Å². The second kappa shape index (κ2) is 39.2. The van der Waals surface area contributed by atoms with Crippen molar-refractivity contribution in [3.05, 3.63) is 30.1 Å². The van der Waals surface area contributed by atoms with Gasteiger partial charge in [0.15, 0.2) is 0 Å². The number of aromatic nitrogens is 1. The van der Waals surface area contributed by atoms with Gasteiger partial charge in [-0.25, -0.2) is 0 Å². The predicted octanol–water partition coefficient (Wildman–Crippen LogP) is 4.92. The van der Waals surface area contributed by atoms with Crippen LogP contribution in [0.5, 0.6) is 0 Å². The summed E-state index contributed by atoms with van der Waals surface area (Å²) in [5.41, 5.74) is 1.29. The lowest BCUT2D eigenvalue weighted by atomic mass is 9.95. The second-order valence-electron chi connectivity index (χ2n) is 16.3. The van der Waals surface area contributed by atoms with Crippen LogP contribution in [-0.2, 0) is 11.3 Å². The Labute approximate surface area is 345 Å². The number of hydrogen-bond donors (Lipinski definition) is 8. The number of likely N-dealkylation sites (tertiary alicyclic amines) is 1. The van der Waals surface area contributed by atoms with E-state index in [9.17, 15) is 0 Å². The van der Waals surface area contributed by atoms with Crippen molar-refractivity contribution in [3.8, 4) is 0 Å². The molecule has 0 unspecified atom stereocenters. The highest BCUT2D eigenvalue weighted by Crippen LogP contribution is 2.18. The van der Waals surface area contributed by atoms with Gasteiger partial charge in [-0.05, 0) is 198 Å². The Balaban J connectivity index is 0.000000230. The van der Waals surface area contributed by atoms with E-state index in [1.807, 2.05) is 24.5 Å². The quantitative estimate of drug-likeness (QED) is 0.200. The molecular weight excluding hydrogens is 699 g/mol. The fraction of sp³-hybridized carbons (Fsp3) is 0.889. The van der Waals surface area contributed by atoms with Gasteiger partial charge in [0.1, 0.15) is 0 Å². The van der Waals surface area contributed by atoms with Crippen LogP contribution in [0.3, 0.4) is 0 Å². The highest BCUT2D eigenvalue weighted by Gasteiger charge is 2.21. The summed E-state index contributed by atoms with van der Waals surface area (Å²) in [6.07, 6.45) is 25.4. The third-order valence-electron chi connectivity index (χ3n) is 11.4. The number of nitrogens with one attached hydrogen (secondary N) is 7. The largest absolute Gasteiger partial charge is 0.396 e. The fourth-order valence-electron chi connectivity index (χ4n) is 7.66. The Morgan fingerprint density at radius 1 is 0.625 bits per heavy atom. The average Bonchev–Trinajstić information content (AvgIpc) is 3.74. The maximum atomic E-state index is 8.60. The Kier molecular flexibility index (Phi) is 35.6. The predicted molar refractivity (Wildman–Crippen MR) is 239 cm³/mol. The van der Waals surface area contributed by atoms with Gasteiger partial charge in [0.2, 0.25) is 0 Å². The number of morpholine rings is 1. The number of nitrogens with zero attached hydrogens (tertiary/aromatic N) is 2. The molecule has 0 radical (unpaired) electrons. The first-order chi connectivity index (χ1) is 27.7. The van der Waals surface area contributed by atoms with Gasteiger partial charge in [-0.1, -0.05) is 33.1 Å². The molecule has 7 saturated heterocycles. The van der Waals surface area contributed by atoms with Crippen LogP contribution in [0.2, 0.25) is 0 Å². The highest BCUT2D eigenvalue weighted by atomic mass is 16.5. The molecular formula is C45H91N9O2. The first-order valence-corrected chi connectivity index (χ1v) is 23.5. The van der Waals surface area contributed by atoms with Crippen LogP contribution < -0.4 is 37.2 Å². The SMILES string of the molecule is C1CCCNCC1.C1CCN(C2CCNCC2)CC1.C1CCNC1.C1COCCN1.CC1CCNCC1.CCNCc1ccncc1.OCCC1CCNCC1. The van der Waals surface area contributed by atoms with Crippen molar-refractivity contribution in [2.24, 2.45) is 11.8 Å². The molecule has 8 rings (SSSR count). The average molecular weight is 790 g/mol. The van der Waals surface area contributed by atoms with Gasteiger partial charge < -0.3 is 52.0 Å².